The van der Waals surface area contributed by atoms with Crippen molar-refractivity contribution in [3.63, 3.8) is 0 Å². The number of ether oxygens (including phenoxy) is 1. The number of halogens is 1. The number of carbonyl (C=O) groups is 1. The van der Waals surface area contributed by atoms with Gasteiger partial charge in [-0.05, 0) is 55.5 Å². The van der Waals surface area contributed by atoms with Crippen LogP contribution in [0.1, 0.15) is 23.2 Å². The molecular formula is C19H18ClN3O3. The van der Waals surface area contributed by atoms with E-state index in [2.05, 4.69) is 15.5 Å². The van der Waals surface area contributed by atoms with Gasteiger partial charge in [-0.3, -0.25) is 4.79 Å². The van der Waals surface area contributed by atoms with Crippen LogP contribution in [0.15, 0.2) is 53.1 Å². The van der Waals surface area contributed by atoms with Gasteiger partial charge in [-0.2, -0.15) is 4.98 Å². The third-order valence-electron chi connectivity index (χ3n) is 3.62. The molecule has 0 atom stereocenters. The van der Waals surface area contributed by atoms with Gasteiger partial charge in [0.1, 0.15) is 5.75 Å². The maximum Gasteiger partial charge on any atom is 0.251 e. The first-order valence-electron chi connectivity index (χ1n) is 8.25. The van der Waals surface area contributed by atoms with Gasteiger partial charge < -0.3 is 14.6 Å². The monoisotopic (exact) mass is 371 g/mol. The molecule has 0 spiro atoms. The summed E-state index contributed by atoms with van der Waals surface area (Å²) in [5.74, 6) is 1.53. The summed E-state index contributed by atoms with van der Waals surface area (Å²) in [6, 6.07) is 14.2. The van der Waals surface area contributed by atoms with E-state index in [9.17, 15) is 4.79 Å². The Bertz CT molecular complexity index is 860. The van der Waals surface area contributed by atoms with E-state index in [1.807, 2.05) is 19.1 Å². The highest BCUT2D eigenvalue weighted by atomic mass is 35.5. The van der Waals surface area contributed by atoms with E-state index >= 15 is 0 Å². The number of amides is 1. The van der Waals surface area contributed by atoms with Gasteiger partial charge in [0.25, 0.3) is 5.91 Å². The number of hydrogen-bond donors (Lipinski definition) is 1. The molecule has 0 unspecified atom stereocenters. The first-order valence-corrected chi connectivity index (χ1v) is 8.63. The Morgan fingerprint density at radius 3 is 2.58 bits per heavy atom. The van der Waals surface area contributed by atoms with Crippen LogP contribution >= 0.6 is 11.6 Å². The standard InChI is InChI=1S/C19H18ClN3O3/c1-2-25-16-9-5-14(6-10-16)19(24)21-12-11-17-22-18(23-26-17)13-3-7-15(20)8-4-13/h3-10H,2,11-12H2,1H3,(H,21,24). The maximum atomic E-state index is 12.1. The SMILES string of the molecule is CCOc1ccc(C(=O)NCCc2nc(-c3ccc(Cl)cc3)no2)cc1. The lowest BCUT2D eigenvalue weighted by molar-refractivity contribution is 0.0953. The lowest BCUT2D eigenvalue weighted by atomic mass is 10.2. The van der Waals surface area contributed by atoms with Crippen LogP contribution in [0.2, 0.25) is 5.02 Å². The van der Waals surface area contributed by atoms with Crippen LogP contribution in [0.25, 0.3) is 11.4 Å². The third-order valence-corrected chi connectivity index (χ3v) is 3.87. The molecule has 0 aliphatic heterocycles. The Kier molecular flexibility index (Phi) is 5.86. The molecule has 3 rings (SSSR count). The van der Waals surface area contributed by atoms with Gasteiger partial charge in [0.05, 0.1) is 6.61 Å². The molecule has 26 heavy (non-hydrogen) atoms. The molecule has 0 saturated carbocycles. The number of aromatic nitrogens is 2. The lowest BCUT2D eigenvalue weighted by Gasteiger charge is -2.05. The van der Waals surface area contributed by atoms with Crippen molar-refractivity contribution in [3.05, 3.63) is 65.0 Å². The van der Waals surface area contributed by atoms with E-state index in [4.69, 9.17) is 20.9 Å². The van der Waals surface area contributed by atoms with Crippen LogP contribution < -0.4 is 10.1 Å². The van der Waals surface area contributed by atoms with Gasteiger partial charge in [0.15, 0.2) is 0 Å². The Morgan fingerprint density at radius 2 is 1.88 bits per heavy atom. The zero-order chi connectivity index (χ0) is 18.4. The summed E-state index contributed by atoms with van der Waals surface area (Å²) in [7, 11) is 0. The topological polar surface area (TPSA) is 77.2 Å². The summed E-state index contributed by atoms with van der Waals surface area (Å²) in [4.78, 5) is 16.5. The molecule has 0 aliphatic rings. The Morgan fingerprint density at radius 1 is 1.15 bits per heavy atom. The average molecular weight is 372 g/mol. The molecule has 1 heterocycles. The molecule has 134 valence electrons. The Labute approximate surface area is 156 Å². The smallest absolute Gasteiger partial charge is 0.251 e. The second-order valence-electron chi connectivity index (χ2n) is 5.48. The number of nitrogens with zero attached hydrogens (tertiary/aromatic N) is 2. The minimum atomic E-state index is -0.162. The summed E-state index contributed by atoms with van der Waals surface area (Å²) in [6.07, 6.45) is 0.448. The molecule has 0 aliphatic carbocycles. The van der Waals surface area contributed by atoms with E-state index in [0.717, 1.165) is 11.3 Å². The van der Waals surface area contributed by atoms with Crippen LogP contribution in [-0.2, 0) is 6.42 Å². The quantitative estimate of drug-likeness (QED) is 0.684. The minimum absolute atomic E-state index is 0.162. The second kappa shape index (κ2) is 8.49. The summed E-state index contributed by atoms with van der Waals surface area (Å²) in [6.45, 7) is 2.90. The Hall–Kier alpha value is -2.86. The molecule has 0 bridgehead atoms. The molecule has 0 radical (unpaired) electrons. The predicted molar refractivity (Wildman–Crippen MR) is 98.4 cm³/mol. The van der Waals surface area contributed by atoms with Gasteiger partial charge in [0, 0.05) is 29.1 Å². The van der Waals surface area contributed by atoms with Crippen molar-refractivity contribution in [2.75, 3.05) is 13.2 Å². The van der Waals surface area contributed by atoms with Crippen molar-refractivity contribution < 1.29 is 14.1 Å². The zero-order valence-corrected chi connectivity index (χ0v) is 15.0. The molecule has 1 aromatic heterocycles. The summed E-state index contributed by atoms with van der Waals surface area (Å²) >= 11 is 5.87. The molecule has 3 aromatic rings. The summed E-state index contributed by atoms with van der Waals surface area (Å²) < 4.78 is 10.6. The zero-order valence-electron chi connectivity index (χ0n) is 14.2. The molecule has 0 saturated heterocycles. The number of nitrogens with one attached hydrogen (secondary N) is 1. The van der Waals surface area contributed by atoms with Crippen molar-refractivity contribution in [2.24, 2.45) is 0 Å². The Balaban J connectivity index is 1.51. The number of carbonyl (C=O) groups excluding carboxylic acids is 1. The van der Waals surface area contributed by atoms with Gasteiger partial charge in [-0.25, -0.2) is 0 Å². The molecule has 1 amide bonds. The highest BCUT2D eigenvalue weighted by molar-refractivity contribution is 6.30. The molecular weight excluding hydrogens is 354 g/mol. The van der Waals surface area contributed by atoms with Gasteiger partial charge >= 0.3 is 0 Å². The normalized spacial score (nSPS) is 10.5. The van der Waals surface area contributed by atoms with Crippen molar-refractivity contribution >= 4 is 17.5 Å². The van der Waals surface area contributed by atoms with Crippen LogP contribution in [-0.4, -0.2) is 29.2 Å². The molecule has 6 nitrogen and oxygen atoms in total. The maximum absolute atomic E-state index is 12.1. The largest absolute Gasteiger partial charge is 0.494 e. The van der Waals surface area contributed by atoms with Gasteiger partial charge in [0.2, 0.25) is 11.7 Å². The van der Waals surface area contributed by atoms with Gasteiger partial charge in [-0.15, -0.1) is 0 Å². The summed E-state index contributed by atoms with van der Waals surface area (Å²) in [5, 5.41) is 7.42. The number of rotatable bonds is 7. The predicted octanol–water partition coefficient (Wildman–Crippen LogP) is 3.76. The van der Waals surface area contributed by atoms with Crippen LogP contribution in [0.5, 0.6) is 5.75 Å². The summed E-state index contributed by atoms with van der Waals surface area (Å²) in [5.41, 5.74) is 1.39. The highest BCUT2D eigenvalue weighted by Gasteiger charge is 2.10. The molecule has 1 N–H and O–H groups in total. The third kappa shape index (κ3) is 4.61. The molecule has 7 heteroatoms. The van der Waals surface area contributed by atoms with Crippen LogP contribution in [0.3, 0.4) is 0 Å². The minimum Gasteiger partial charge on any atom is -0.494 e. The number of hydrogen-bond acceptors (Lipinski definition) is 5. The van der Waals surface area contributed by atoms with Gasteiger partial charge in [-0.1, -0.05) is 16.8 Å². The fraction of sp³-hybridized carbons (Fsp3) is 0.211. The number of benzene rings is 2. The van der Waals surface area contributed by atoms with E-state index in [1.165, 1.54) is 0 Å². The van der Waals surface area contributed by atoms with Crippen LogP contribution in [0.4, 0.5) is 0 Å². The molecule has 0 fully saturated rings. The second-order valence-corrected chi connectivity index (χ2v) is 5.92. The molecule has 2 aromatic carbocycles. The van der Waals surface area contributed by atoms with E-state index in [1.54, 1.807) is 36.4 Å². The fourth-order valence-corrected chi connectivity index (χ4v) is 2.45. The fourth-order valence-electron chi connectivity index (χ4n) is 2.33. The van der Waals surface area contributed by atoms with Crippen molar-refractivity contribution in [1.29, 1.82) is 0 Å². The first kappa shape index (κ1) is 17.9. The van der Waals surface area contributed by atoms with E-state index < -0.39 is 0 Å². The first-order chi connectivity index (χ1) is 12.7. The lowest BCUT2D eigenvalue weighted by Crippen LogP contribution is -2.25. The van der Waals surface area contributed by atoms with Crippen molar-refractivity contribution in [2.45, 2.75) is 13.3 Å². The van der Waals surface area contributed by atoms with Crippen LogP contribution in [0, 0.1) is 0 Å². The van der Waals surface area contributed by atoms with E-state index in [-0.39, 0.29) is 5.91 Å². The van der Waals surface area contributed by atoms with E-state index in [0.29, 0.717) is 41.9 Å². The average Bonchev–Trinajstić information content (AvgIpc) is 3.12. The van der Waals surface area contributed by atoms with Crippen molar-refractivity contribution in [1.82, 2.24) is 15.5 Å². The van der Waals surface area contributed by atoms with Crippen molar-refractivity contribution in [3.8, 4) is 17.1 Å². The highest BCUT2D eigenvalue weighted by Crippen LogP contribution is 2.18.